The number of likely N-dealkylation sites (N-methyl/N-ethyl adjacent to an activating group) is 1. The van der Waals surface area contributed by atoms with E-state index in [1.807, 2.05) is 6.07 Å². The number of amides is 1. The maximum absolute atomic E-state index is 12.2. The smallest absolute Gasteiger partial charge is 0.244 e. The molecule has 0 aliphatic heterocycles. The Morgan fingerprint density at radius 3 is 2.65 bits per heavy atom. The van der Waals surface area contributed by atoms with Gasteiger partial charge in [-0.3, -0.25) is 9.78 Å². The number of carbonyl (C=O) groups excluding carboxylic acids is 1. The Morgan fingerprint density at radius 2 is 2.04 bits per heavy atom. The molecule has 0 unspecified atom stereocenters. The molecule has 1 aromatic carbocycles. The van der Waals surface area contributed by atoms with E-state index in [9.17, 15) is 9.90 Å². The largest absolute Gasteiger partial charge is 0.506 e. The molecule has 6 nitrogen and oxygen atoms in total. The number of rotatable bonds is 4. The molecule has 0 aliphatic carbocycles. The van der Waals surface area contributed by atoms with Crippen LogP contribution in [0.2, 0.25) is 0 Å². The molecular weight excluding hydrogens is 292 g/mol. The number of aromatic nitrogens is 2. The van der Waals surface area contributed by atoms with E-state index < -0.39 is 0 Å². The summed E-state index contributed by atoms with van der Waals surface area (Å²) >= 11 is 0. The van der Waals surface area contributed by atoms with Gasteiger partial charge in [-0.1, -0.05) is 26.8 Å². The summed E-state index contributed by atoms with van der Waals surface area (Å²) in [5.74, 6) is 0.420. The van der Waals surface area contributed by atoms with Crippen molar-refractivity contribution >= 4 is 17.4 Å². The maximum Gasteiger partial charge on any atom is 0.244 e. The molecule has 6 heteroatoms. The highest BCUT2D eigenvalue weighted by molar-refractivity contribution is 5.95. The third-order valence-corrected chi connectivity index (χ3v) is 3.46. The van der Waals surface area contributed by atoms with Crippen LogP contribution in [-0.2, 0) is 10.2 Å². The molecule has 2 N–H and O–H groups in total. The minimum Gasteiger partial charge on any atom is -0.506 e. The fourth-order valence-electron chi connectivity index (χ4n) is 2.08. The van der Waals surface area contributed by atoms with E-state index in [1.165, 1.54) is 0 Å². The van der Waals surface area contributed by atoms with Gasteiger partial charge in [-0.15, -0.1) is 0 Å². The molecule has 1 aromatic heterocycles. The molecule has 1 heterocycles. The van der Waals surface area contributed by atoms with Crippen molar-refractivity contribution < 1.29 is 9.90 Å². The van der Waals surface area contributed by atoms with E-state index >= 15 is 0 Å². The van der Waals surface area contributed by atoms with Crippen LogP contribution in [0.3, 0.4) is 0 Å². The van der Waals surface area contributed by atoms with Crippen LogP contribution in [0.5, 0.6) is 5.75 Å². The Morgan fingerprint density at radius 1 is 1.30 bits per heavy atom. The number of hydrogen-bond acceptors (Lipinski definition) is 5. The minimum atomic E-state index is -0.237. The van der Waals surface area contributed by atoms with Crippen LogP contribution in [0.4, 0.5) is 11.5 Å². The average Bonchev–Trinajstić information content (AvgIpc) is 2.49. The number of anilines is 2. The molecule has 0 fully saturated rings. The summed E-state index contributed by atoms with van der Waals surface area (Å²) in [5.41, 5.74) is 1.38. The number of carbonyl (C=O) groups is 1. The summed E-state index contributed by atoms with van der Waals surface area (Å²) in [6.07, 6.45) is 4.74. The summed E-state index contributed by atoms with van der Waals surface area (Å²) in [4.78, 5) is 22.0. The lowest BCUT2D eigenvalue weighted by Gasteiger charge is -2.21. The molecule has 0 saturated carbocycles. The molecule has 0 spiro atoms. The van der Waals surface area contributed by atoms with Crippen LogP contribution in [0.15, 0.2) is 36.8 Å². The van der Waals surface area contributed by atoms with Crippen molar-refractivity contribution in [2.24, 2.45) is 0 Å². The van der Waals surface area contributed by atoms with Crippen LogP contribution in [0.1, 0.15) is 26.3 Å². The lowest BCUT2D eigenvalue weighted by Crippen LogP contribution is -2.30. The minimum absolute atomic E-state index is 0.0495. The van der Waals surface area contributed by atoms with Crippen molar-refractivity contribution in [2.75, 3.05) is 23.8 Å². The van der Waals surface area contributed by atoms with E-state index in [0.29, 0.717) is 11.5 Å². The van der Waals surface area contributed by atoms with Gasteiger partial charge in [0, 0.05) is 19.4 Å². The Hall–Kier alpha value is -2.63. The number of aromatic hydroxyl groups is 1. The quantitative estimate of drug-likeness (QED) is 0.848. The first-order chi connectivity index (χ1) is 10.8. The predicted octanol–water partition coefficient (Wildman–Crippen LogP) is 2.55. The Bertz CT molecular complexity index is 681. The molecule has 0 atom stereocenters. The van der Waals surface area contributed by atoms with E-state index in [2.05, 4.69) is 36.1 Å². The molecule has 23 heavy (non-hydrogen) atoms. The summed E-state index contributed by atoms with van der Waals surface area (Å²) in [7, 11) is 1.76. The first-order valence-corrected chi connectivity index (χ1v) is 7.38. The number of nitrogens with one attached hydrogen (secondary N) is 1. The highest BCUT2D eigenvalue weighted by atomic mass is 16.3. The lowest BCUT2D eigenvalue weighted by molar-refractivity contribution is -0.114. The summed E-state index contributed by atoms with van der Waals surface area (Å²) < 4.78 is 0. The Labute approximate surface area is 136 Å². The zero-order valence-electron chi connectivity index (χ0n) is 13.9. The van der Waals surface area contributed by atoms with Crippen molar-refractivity contribution in [3.8, 4) is 5.75 Å². The first-order valence-electron chi connectivity index (χ1n) is 7.38. The van der Waals surface area contributed by atoms with Gasteiger partial charge in [0.2, 0.25) is 5.91 Å². The van der Waals surface area contributed by atoms with Crippen LogP contribution in [-0.4, -0.2) is 34.6 Å². The van der Waals surface area contributed by atoms with Crippen LogP contribution >= 0.6 is 0 Å². The van der Waals surface area contributed by atoms with Gasteiger partial charge in [0.25, 0.3) is 0 Å². The third kappa shape index (κ3) is 4.42. The summed E-state index contributed by atoms with van der Waals surface area (Å²) in [5, 5.41) is 12.7. The number of benzene rings is 1. The molecule has 0 bridgehead atoms. The molecule has 0 aliphatic rings. The van der Waals surface area contributed by atoms with Gasteiger partial charge in [-0.25, -0.2) is 4.98 Å². The zero-order chi connectivity index (χ0) is 17.0. The van der Waals surface area contributed by atoms with Crippen molar-refractivity contribution in [3.05, 3.63) is 42.4 Å². The highest BCUT2D eigenvalue weighted by Gasteiger charge is 2.17. The van der Waals surface area contributed by atoms with E-state index in [1.54, 1.807) is 42.7 Å². The van der Waals surface area contributed by atoms with Crippen molar-refractivity contribution in [2.45, 2.75) is 26.2 Å². The average molecular weight is 314 g/mol. The molecule has 2 aromatic rings. The monoisotopic (exact) mass is 314 g/mol. The van der Waals surface area contributed by atoms with Crippen molar-refractivity contribution in [1.82, 2.24) is 9.97 Å². The van der Waals surface area contributed by atoms with Gasteiger partial charge in [-0.2, -0.15) is 0 Å². The molecule has 2 rings (SSSR count). The van der Waals surface area contributed by atoms with Crippen LogP contribution < -0.4 is 10.2 Å². The van der Waals surface area contributed by atoms with Gasteiger partial charge < -0.3 is 15.3 Å². The first kappa shape index (κ1) is 16.7. The fraction of sp³-hybridized carbons (Fsp3) is 0.353. The van der Waals surface area contributed by atoms with Gasteiger partial charge >= 0.3 is 0 Å². The van der Waals surface area contributed by atoms with Crippen LogP contribution in [0.25, 0.3) is 0 Å². The second-order valence-corrected chi connectivity index (χ2v) is 6.45. The standard InChI is InChI=1S/C17H22N4O2/c1-17(2,3)12-5-6-14(22)13(9-12)20-16(23)11-21(4)15-10-18-7-8-19-15/h5-10,22H,11H2,1-4H3,(H,20,23). The normalized spacial score (nSPS) is 11.1. The molecule has 0 radical (unpaired) electrons. The lowest BCUT2D eigenvalue weighted by atomic mass is 9.87. The predicted molar refractivity (Wildman–Crippen MR) is 90.7 cm³/mol. The molecule has 122 valence electrons. The van der Waals surface area contributed by atoms with Gasteiger partial charge in [0.15, 0.2) is 0 Å². The molecular formula is C17H22N4O2. The summed E-state index contributed by atoms with van der Waals surface area (Å²) in [6.45, 7) is 6.34. The third-order valence-electron chi connectivity index (χ3n) is 3.46. The molecule has 1 amide bonds. The Kier molecular flexibility index (Phi) is 4.83. The second kappa shape index (κ2) is 6.64. The van der Waals surface area contributed by atoms with E-state index in [4.69, 9.17) is 0 Å². The van der Waals surface area contributed by atoms with E-state index in [-0.39, 0.29) is 23.6 Å². The molecule has 0 saturated heterocycles. The van der Waals surface area contributed by atoms with Gasteiger partial charge in [-0.05, 0) is 23.1 Å². The summed E-state index contributed by atoms with van der Waals surface area (Å²) in [6, 6.07) is 5.26. The second-order valence-electron chi connectivity index (χ2n) is 6.45. The number of phenols is 1. The SMILES string of the molecule is CN(CC(=O)Nc1cc(C(C)(C)C)ccc1O)c1cnccn1. The number of hydrogen-bond donors (Lipinski definition) is 2. The highest BCUT2D eigenvalue weighted by Crippen LogP contribution is 2.30. The number of phenolic OH excluding ortho intramolecular Hbond substituents is 1. The van der Waals surface area contributed by atoms with Gasteiger partial charge in [0.1, 0.15) is 11.6 Å². The number of nitrogens with zero attached hydrogens (tertiary/aromatic N) is 3. The Balaban J connectivity index is 2.08. The van der Waals surface area contributed by atoms with Crippen molar-refractivity contribution in [1.29, 1.82) is 0 Å². The van der Waals surface area contributed by atoms with Crippen LogP contribution in [0, 0.1) is 0 Å². The van der Waals surface area contributed by atoms with Gasteiger partial charge in [0.05, 0.1) is 18.4 Å². The maximum atomic E-state index is 12.2. The van der Waals surface area contributed by atoms with Crippen molar-refractivity contribution in [3.63, 3.8) is 0 Å². The fourth-order valence-corrected chi connectivity index (χ4v) is 2.08. The zero-order valence-corrected chi connectivity index (χ0v) is 13.9. The van der Waals surface area contributed by atoms with E-state index in [0.717, 1.165) is 5.56 Å². The topological polar surface area (TPSA) is 78.4 Å².